The lowest BCUT2D eigenvalue weighted by Gasteiger charge is -2.24. The molecule has 0 saturated heterocycles. The maximum atomic E-state index is 4.80. The standard InChI is InChI=1S/C21H33N7/c1-4-22-21(23-12-18-14-27-10-6-5-7-20(27)24-18)25-17-9-8-16-13-28(15(2)3)26-19(16)11-17/h13-15,17H,4-12H2,1-3H3,(H2,22,23,25). The third-order valence-corrected chi connectivity index (χ3v) is 5.67. The van der Waals surface area contributed by atoms with E-state index in [1.54, 1.807) is 0 Å². The van der Waals surface area contributed by atoms with Crippen molar-refractivity contribution in [3.8, 4) is 0 Å². The molecular weight excluding hydrogens is 350 g/mol. The van der Waals surface area contributed by atoms with Gasteiger partial charge in [-0.25, -0.2) is 9.98 Å². The number of hydrogen-bond donors (Lipinski definition) is 2. The summed E-state index contributed by atoms with van der Waals surface area (Å²) in [5.41, 5.74) is 3.70. The molecule has 0 saturated carbocycles. The SMILES string of the molecule is CCNC(=NCc1cn2c(n1)CCCC2)NC1CCc2cn(C(C)C)nc2C1. The molecule has 4 rings (SSSR count). The molecule has 7 nitrogen and oxygen atoms in total. The molecule has 1 atom stereocenters. The minimum atomic E-state index is 0.371. The van der Waals surface area contributed by atoms with Crippen LogP contribution in [-0.2, 0) is 32.4 Å². The zero-order chi connectivity index (χ0) is 19.5. The second-order valence-corrected chi connectivity index (χ2v) is 8.25. The molecule has 152 valence electrons. The molecule has 0 radical (unpaired) electrons. The predicted octanol–water partition coefficient (Wildman–Crippen LogP) is 2.61. The Labute approximate surface area is 167 Å². The topological polar surface area (TPSA) is 72.1 Å². The van der Waals surface area contributed by atoms with Crippen LogP contribution in [0.4, 0.5) is 0 Å². The van der Waals surface area contributed by atoms with Crippen molar-refractivity contribution in [3.63, 3.8) is 0 Å². The van der Waals surface area contributed by atoms with Crippen LogP contribution < -0.4 is 10.6 Å². The summed E-state index contributed by atoms with van der Waals surface area (Å²) < 4.78 is 4.38. The molecule has 3 heterocycles. The molecule has 1 aliphatic heterocycles. The van der Waals surface area contributed by atoms with Crippen molar-refractivity contribution in [2.24, 2.45) is 4.99 Å². The molecule has 2 aromatic rings. The lowest BCUT2D eigenvalue weighted by atomic mass is 9.94. The second kappa shape index (κ2) is 8.37. The first kappa shape index (κ1) is 19.0. The van der Waals surface area contributed by atoms with Gasteiger partial charge in [-0.15, -0.1) is 0 Å². The van der Waals surface area contributed by atoms with Crippen molar-refractivity contribution >= 4 is 5.96 Å². The Balaban J connectivity index is 1.40. The van der Waals surface area contributed by atoms with E-state index in [0.717, 1.165) is 50.4 Å². The van der Waals surface area contributed by atoms with Crippen LogP contribution in [0.2, 0.25) is 0 Å². The zero-order valence-electron chi connectivity index (χ0n) is 17.4. The molecule has 0 fully saturated rings. The number of aryl methyl sites for hydroxylation is 3. The molecule has 0 amide bonds. The Morgan fingerprint density at radius 1 is 1.29 bits per heavy atom. The van der Waals surface area contributed by atoms with E-state index in [0.29, 0.717) is 18.6 Å². The fourth-order valence-corrected chi connectivity index (χ4v) is 4.12. The molecule has 2 aromatic heterocycles. The van der Waals surface area contributed by atoms with Crippen LogP contribution in [-0.4, -0.2) is 37.9 Å². The average molecular weight is 384 g/mol. The molecule has 28 heavy (non-hydrogen) atoms. The van der Waals surface area contributed by atoms with Gasteiger partial charge >= 0.3 is 0 Å². The van der Waals surface area contributed by atoms with Crippen LogP contribution in [0.15, 0.2) is 17.4 Å². The Morgan fingerprint density at radius 3 is 2.96 bits per heavy atom. The van der Waals surface area contributed by atoms with Gasteiger partial charge in [0.1, 0.15) is 5.82 Å². The number of fused-ring (bicyclic) bond motifs is 2. The second-order valence-electron chi connectivity index (χ2n) is 8.25. The molecular formula is C21H33N7. The molecule has 0 aromatic carbocycles. The van der Waals surface area contributed by atoms with Gasteiger partial charge in [-0.2, -0.15) is 5.10 Å². The van der Waals surface area contributed by atoms with Gasteiger partial charge in [0.05, 0.1) is 17.9 Å². The molecule has 1 unspecified atom stereocenters. The highest BCUT2D eigenvalue weighted by Crippen LogP contribution is 2.22. The predicted molar refractivity (Wildman–Crippen MR) is 112 cm³/mol. The van der Waals surface area contributed by atoms with E-state index in [-0.39, 0.29) is 0 Å². The fourth-order valence-electron chi connectivity index (χ4n) is 4.12. The van der Waals surface area contributed by atoms with E-state index in [4.69, 9.17) is 15.1 Å². The summed E-state index contributed by atoms with van der Waals surface area (Å²) in [6, 6.07) is 0.785. The summed E-state index contributed by atoms with van der Waals surface area (Å²) >= 11 is 0. The lowest BCUT2D eigenvalue weighted by Crippen LogP contribution is -2.45. The monoisotopic (exact) mass is 383 g/mol. The lowest BCUT2D eigenvalue weighted by molar-refractivity contribution is 0.499. The van der Waals surface area contributed by atoms with Gasteiger partial charge < -0.3 is 15.2 Å². The molecule has 0 spiro atoms. The molecule has 1 aliphatic carbocycles. The van der Waals surface area contributed by atoms with E-state index in [9.17, 15) is 0 Å². The Hall–Kier alpha value is -2.31. The van der Waals surface area contributed by atoms with Crippen LogP contribution in [0.3, 0.4) is 0 Å². The summed E-state index contributed by atoms with van der Waals surface area (Å²) in [5.74, 6) is 2.10. The first-order valence-electron chi connectivity index (χ1n) is 10.8. The van der Waals surface area contributed by atoms with Gasteiger partial charge in [0.15, 0.2) is 5.96 Å². The highest BCUT2D eigenvalue weighted by Gasteiger charge is 2.23. The first-order valence-corrected chi connectivity index (χ1v) is 10.8. The Bertz CT molecular complexity index is 806. The fraction of sp³-hybridized carbons (Fsp3) is 0.667. The number of nitrogens with one attached hydrogen (secondary N) is 2. The van der Waals surface area contributed by atoms with E-state index < -0.39 is 0 Å². The normalized spacial score (nSPS) is 19.4. The molecule has 0 bridgehead atoms. The van der Waals surface area contributed by atoms with Crippen molar-refractivity contribution in [1.29, 1.82) is 0 Å². The van der Waals surface area contributed by atoms with E-state index in [1.807, 2.05) is 0 Å². The number of hydrogen-bond acceptors (Lipinski definition) is 3. The van der Waals surface area contributed by atoms with Gasteiger partial charge in [-0.1, -0.05) is 0 Å². The van der Waals surface area contributed by atoms with Gasteiger partial charge in [-0.05, 0) is 52.0 Å². The highest BCUT2D eigenvalue weighted by atomic mass is 15.3. The molecule has 2 aliphatic rings. The third-order valence-electron chi connectivity index (χ3n) is 5.67. The van der Waals surface area contributed by atoms with Crippen LogP contribution in [0.5, 0.6) is 0 Å². The van der Waals surface area contributed by atoms with Gasteiger partial charge in [0.25, 0.3) is 0 Å². The summed E-state index contributed by atoms with van der Waals surface area (Å²) in [6.07, 6.45) is 11.1. The summed E-state index contributed by atoms with van der Waals surface area (Å²) in [4.78, 5) is 9.57. The van der Waals surface area contributed by atoms with Crippen LogP contribution >= 0.6 is 0 Å². The smallest absolute Gasteiger partial charge is 0.191 e. The molecule has 7 heteroatoms. The molecule has 2 N–H and O–H groups in total. The number of rotatable bonds is 5. The minimum absolute atomic E-state index is 0.371. The summed E-state index contributed by atoms with van der Waals surface area (Å²) in [7, 11) is 0. The largest absolute Gasteiger partial charge is 0.357 e. The number of aliphatic imine (C=N–C) groups is 1. The van der Waals surface area contributed by atoms with E-state index in [2.05, 4.69) is 53.0 Å². The van der Waals surface area contributed by atoms with E-state index >= 15 is 0 Å². The van der Waals surface area contributed by atoms with Gasteiger partial charge in [0.2, 0.25) is 0 Å². The van der Waals surface area contributed by atoms with Crippen molar-refractivity contribution in [2.75, 3.05) is 6.54 Å². The van der Waals surface area contributed by atoms with Crippen molar-refractivity contribution in [1.82, 2.24) is 30.0 Å². The maximum absolute atomic E-state index is 4.80. The minimum Gasteiger partial charge on any atom is -0.357 e. The van der Waals surface area contributed by atoms with Crippen LogP contribution in [0, 0.1) is 0 Å². The Morgan fingerprint density at radius 2 is 2.18 bits per heavy atom. The summed E-state index contributed by atoms with van der Waals surface area (Å²) in [6.45, 7) is 9.03. The third kappa shape index (κ3) is 4.23. The zero-order valence-corrected chi connectivity index (χ0v) is 17.4. The Kier molecular flexibility index (Phi) is 5.69. The maximum Gasteiger partial charge on any atom is 0.191 e. The number of aromatic nitrogens is 4. The number of imidazole rings is 1. The average Bonchev–Trinajstić information content (AvgIpc) is 3.29. The first-order chi connectivity index (χ1) is 13.6. The number of guanidine groups is 1. The van der Waals surface area contributed by atoms with Crippen molar-refractivity contribution in [3.05, 3.63) is 35.2 Å². The van der Waals surface area contributed by atoms with Gasteiger partial charge in [0, 0.05) is 50.4 Å². The number of nitrogens with zero attached hydrogens (tertiary/aromatic N) is 5. The van der Waals surface area contributed by atoms with Crippen molar-refractivity contribution < 1.29 is 0 Å². The van der Waals surface area contributed by atoms with Crippen molar-refractivity contribution in [2.45, 2.75) is 84.5 Å². The van der Waals surface area contributed by atoms with Crippen LogP contribution in [0.1, 0.15) is 68.9 Å². The van der Waals surface area contributed by atoms with E-state index in [1.165, 1.54) is 29.9 Å². The van der Waals surface area contributed by atoms with Crippen LogP contribution in [0.25, 0.3) is 0 Å². The summed E-state index contributed by atoms with van der Waals surface area (Å²) in [5, 5.41) is 11.8. The van der Waals surface area contributed by atoms with Gasteiger partial charge in [-0.3, -0.25) is 4.68 Å². The highest BCUT2D eigenvalue weighted by molar-refractivity contribution is 5.80. The quantitative estimate of drug-likeness (QED) is 0.615.